The number of benzene rings is 1. The average Bonchev–Trinajstić information content (AvgIpc) is 2.31. The number of hydrogen-bond donors (Lipinski definition) is 1. The molecule has 0 aliphatic rings. The van der Waals surface area contributed by atoms with Gasteiger partial charge in [0.05, 0.1) is 11.0 Å². The summed E-state index contributed by atoms with van der Waals surface area (Å²) in [6.45, 7) is -0.649. The van der Waals surface area contributed by atoms with E-state index in [0.717, 1.165) is 4.90 Å². The Labute approximate surface area is 116 Å². The van der Waals surface area contributed by atoms with Gasteiger partial charge in [-0.15, -0.1) is 11.6 Å². The lowest BCUT2D eigenvalue weighted by Crippen LogP contribution is -2.36. The largest absolute Gasteiger partial charge is 0.507 e. The minimum atomic E-state index is -2.62. The highest BCUT2D eigenvalue weighted by Crippen LogP contribution is 2.25. The monoisotopic (exact) mass is 341 g/mol. The zero-order valence-corrected chi connectivity index (χ0v) is 11.6. The molecule has 100 valence electrons. The molecule has 1 aromatic carbocycles. The van der Waals surface area contributed by atoms with Gasteiger partial charge in [0, 0.05) is 18.0 Å². The number of halogens is 4. The highest BCUT2D eigenvalue weighted by Gasteiger charge is 2.19. The van der Waals surface area contributed by atoms with Crippen LogP contribution in [0.1, 0.15) is 10.4 Å². The normalized spacial score (nSPS) is 10.7. The predicted molar refractivity (Wildman–Crippen MR) is 68.4 cm³/mol. The quantitative estimate of drug-likeness (QED) is 0.835. The van der Waals surface area contributed by atoms with Gasteiger partial charge in [-0.1, -0.05) is 0 Å². The van der Waals surface area contributed by atoms with Crippen LogP contribution in [0.15, 0.2) is 22.7 Å². The number of carbonyl (C=O) groups is 1. The Morgan fingerprint density at radius 2 is 2.17 bits per heavy atom. The molecule has 1 amide bonds. The van der Waals surface area contributed by atoms with E-state index in [0.29, 0.717) is 4.47 Å². The Morgan fingerprint density at radius 1 is 1.50 bits per heavy atom. The molecule has 1 N–H and O–H groups in total. The van der Waals surface area contributed by atoms with E-state index in [1.165, 1.54) is 18.2 Å². The highest BCUT2D eigenvalue weighted by molar-refractivity contribution is 9.10. The van der Waals surface area contributed by atoms with Crippen molar-refractivity contribution < 1.29 is 18.7 Å². The number of phenolic OH excluding ortho intramolecular Hbond substituents is 1. The van der Waals surface area contributed by atoms with Crippen LogP contribution < -0.4 is 0 Å². The number of phenols is 1. The van der Waals surface area contributed by atoms with E-state index in [4.69, 9.17) is 11.6 Å². The molecule has 0 spiro atoms. The molecular formula is C11H11BrClF2NO2. The molecule has 0 atom stereocenters. The predicted octanol–water partition coefficient (Wildman–Crippen LogP) is 3.10. The number of alkyl halides is 3. The van der Waals surface area contributed by atoms with Crippen LogP contribution in [0.4, 0.5) is 8.78 Å². The molecule has 3 nitrogen and oxygen atoms in total. The van der Waals surface area contributed by atoms with Gasteiger partial charge in [0.25, 0.3) is 12.3 Å². The second-order valence-corrected chi connectivity index (χ2v) is 4.73. The third kappa shape index (κ3) is 4.10. The van der Waals surface area contributed by atoms with Crippen molar-refractivity contribution in [2.24, 2.45) is 0 Å². The van der Waals surface area contributed by atoms with Crippen LogP contribution in [0, 0.1) is 0 Å². The third-order valence-electron chi connectivity index (χ3n) is 2.19. The molecule has 7 heteroatoms. The van der Waals surface area contributed by atoms with Gasteiger partial charge in [-0.05, 0) is 34.1 Å². The van der Waals surface area contributed by atoms with Gasteiger partial charge in [-0.25, -0.2) is 8.78 Å². The number of nitrogens with zero attached hydrogens (tertiary/aromatic N) is 1. The first-order chi connectivity index (χ1) is 8.45. The van der Waals surface area contributed by atoms with Crippen molar-refractivity contribution in [1.29, 1.82) is 0 Å². The van der Waals surface area contributed by atoms with Crippen LogP contribution in [-0.4, -0.2) is 41.3 Å². The summed E-state index contributed by atoms with van der Waals surface area (Å²) in [5, 5.41) is 9.45. The van der Waals surface area contributed by atoms with Crippen LogP contribution in [0.5, 0.6) is 5.75 Å². The smallest absolute Gasteiger partial charge is 0.255 e. The molecule has 0 bridgehead atoms. The van der Waals surface area contributed by atoms with Crippen LogP contribution in [0.2, 0.25) is 0 Å². The number of rotatable bonds is 5. The van der Waals surface area contributed by atoms with E-state index in [1.54, 1.807) is 0 Å². The van der Waals surface area contributed by atoms with Gasteiger partial charge in [0.1, 0.15) is 5.75 Å². The van der Waals surface area contributed by atoms with Gasteiger partial charge in [0.15, 0.2) is 0 Å². The Kier molecular flexibility index (Phi) is 5.81. The first-order valence-electron chi connectivity index (χ1n) is 5.07. The molecule has 0 radical (unpaired) electrons. The summed E-state index contributed by atoms with van der Waals surface area (Å²) >= 11 is 8.54. The lowest BCUT2D eigenvalue weighted by molar-refractivity contribution is 0.0571. The molecule has 1 rings (SSSR count). The molecule has 0 unspecified atom stereocenters. The van der Waals surface area contributed by atoms with Crippen molar-refractivity contribution in [3.05, 3.63) is 28.2 Å². The fourth-order valence-corrected chi connectivity index (χ4v) is 1.82. The van der Waals surface area contributed by atoms with Crippen molar-refractivity contribution in [3.63, 3.8) is 0 Å². The summed E-state index contributed by atoms with van der Waals surface area (Å²) in [6.07, 6.45) is -2.62. The Morgan fingerprint density at radius 3 is 2.67 bits per heavy atom. The molecule has 0 aliphatic carbocycles. The molecule has 0 saturated heterocycles. The molecule has 0 heterocycles. The van der Waals surface area contributed by atoms with Crippen LogP contribution in [0.25, 0.3) is 0 Å². The van der Waals surface area contributed by atoms with Crippen molar-refractivity contribution in [2.45, 2.75) is 6.43 Å². The SMILES string of the molecule is O=C(c1ccc(Br)c(O)c1)N(CCCl)CC(F)F. The number of amides is 1. The van der Waals surface area contributed by atoms with Crippen molar-refractivity contribution >= 4 is 33.4 Å². The molecular weight excluding hydrogens is 331 g/mol. The fourth-order valence-electron chi connectivity index (χ4n) is 1.37. The van der Waals surface area contributed by atoms with Gasteiger partial charge < -0.3 is 10.0 Å². The lowest BCUT2D eigenvalue weighted by Gasteiger charge is -2.21. The Balaban J connectivity index is 2.90. The Bertz CT molecular complexity index is 432. The van der Waals surface area contributed by atoms with E-state index in [9.17, 15) is 18.7 Å². The van der Waals surface area contributed by atoms with Gasteiger partial charge in [0.2, 0.25) is 0 Å². The molecule has 0 saturated carbocycles. The first kappa shape index (κ1) is 15.2. The van der Waals surface area contributed by atoms with E-state index in [2.05, 4.69) is 15.9 Å². The van der Waals surface area contributed by atoms with Crippen LogP contribution in [0.3, 0.4) is 0 Å². The van der Waals surface area contributed by atoms with E-state index < -0.39 is 18.9 Å². The van der Waals surface area contributed by atoms with E-state index >= 15 is 0 Å². The maximum Gasteiger partial charge on any atom is 0.255 e. The maximum absolute atomic E-state index is 12.3. The molecule has 0 aliphatic heterocycles. The third-order valence-corrected chi connectivity index (χ3v) is 3.03. The summed E-state index contributed by atoms with van der Waals surface area (Å²) in [5.41, 5.74) is 0.140. The first-order valence-corrected chi connectivity index (χ1v) is 6.40. The second-order valence-electron chi connectivity index (χ2n) is 3.50. The second kappa shape index (κ2) is 6.89. The average molecular weight is 343 g/mol. The van der Waals surface area contributed by atoms with E-state index in [1.807, 2.05) is 0 Å². The Hall–Kier alpha value is -0.880. The topological polar surface area (TPSA) is 40.5 Å². The number of carbonyl (C=O) groups excluding carboxylic acids is 1. The molecule has 1 aromatic rings. The minimum absolute atomic E-state index is 0.0293. The minimum Gasteiger partial charge on any atom is -0.507 e. The summed E-state index contributed by atoms with van der Waals surface area (Å²) in [6, 6.07) is 4.14. The summed E-state index contributed by atoms with van der Waals surface area (Å²) in [7, 11) is 0. The van der Waals surface area contributed by atoms with Crippen LogP contribution in [-0.2, 0) is 0 Å². The molecule has 0 fully saturated rings. The van der Waals surface area contributed by atoms with Gasteiger partial charge in [-0.2, -0.15) is 0 Å². The summed E-state index contributed by atoms with van der Waals surface area (Å²) < 4.78 is 25.1. The van der Waals surface area contributed by atoms with Gasteiger partial charge in [-0.3, -0.25) is 4.79 Å². The highest BCUT2D eigenvalue weighted by atomic mass is 79.9. The van der Waals surface area contributed by atoms with Crippen molar-refractivity contribution in [1.82, 2.24) is 4.90 Å². The zero-order valence-electron chi connectivity index (χ0n) is 9.25. The number of hydrogen-bond acceptors (Lipinski definition) is 2. The summed E-state index contributed by atoms with van der Waals surface area (Å²) in [4.78, 5) is 12.9. The maximum atomic E-state index is 12.3. The van der Waals surface area contributed by atoms with Crippen molar-refractivity contribution in [2.75, 3.05) is 19.0 Å². The van der Waals surface area contributed by atoms with E-state index in [-0.39, 0.29) is 23.7 Å². The lowest BCUT2D eigenvalue weighted by atomic mass is 10.2. The summed E-state index contributed by atoms with van der Waals surface area (Å²) in [5.74, 6) is -0.636. The molecule has 0 aromatic heterocycles. The zero-order chi connectivity index (χ0) is 13.7. The molecule has 18 heavy (non-hydrogen) atoms. The standard InChI is InChI=1S/C11H11BrClF2NO2/c12-8-2-1-7(5-9(8)17)11(18)16(4-3-13)6-10(14)15/h1-2,5,10,17H,3-4,6H2. The number of aromatic hydroxyl groups is 1. The fraction of sp³-hybridized carbons (Fsp3) is 0.364. The van der Waals surface area contributed by atoms with Crippen LogP contribution >= 0.6 is 27.5 Å². The van der Waals surface area contributed by atoms with Crippen molar-refractivity contribution in [3.8, 4) is 5.75 Å². The van der Waals surface area contributed by atoms with Gasteiger partial charge >= 0.3 is 0 Å².